The van der Waals surface area contributed by atoms with Gasteiger partial charge in [0.1, 0.15) is 6.61 Å². The summed E-state index contributed by atoms with van der Waals surface area (Å²) in [6.07, 6.45) is -0.527. The van der Waals surface area contributed by atoms with Gasteiger partial charge in [-0.3, -0.25) is 4.79 Å². The highest BCUT2D eigenvalue weighted by atomic mass is 16.5. The number of benzene rings is 2. The molecule has 0 aliphatic rings. The summed E-state index contributed by atoms with van der Waals surface area (Å²) in [5, 5.41) is 10.3. The van der Waals surface area contributed by atoms with E-state index in [-0.39, 0.29) is 26.3 Å². The Balaban J connectivity index is 1.88. The van der Waals surface area contributed by atoms with Crippen LogP contribution in [0.3, 0.4) is 0 Å². The lowest BCUT2D eigenvalue weighted by molar-refractivity contribution is -0.305. The quantitative estimate of drug-likeness (QED) is 0.623. The molecule has 0 aliphatic carbocycles. The minimum atomic E-state index is -1.27. The maximum absolute atomic E-state index is 11.3. The van der Waals surface area contributed by atoms with E-state index in [1.54, 1.807) is 12.1 Å². The summed E-state index contributed by atoms with van der Waals surface area (Å²) in [6, 6.07) is 14.8. The molecule has 4 heteroatoms. The molecule has 0 N–H and O–H groups in total. The predicted octanol–water partition coefficient (Wildman–Crippen LogP) is 1.97. The van der Waals surface area contributed by atoms with Gasteiger partial charge in [-0.1, -0.05) is 41.7 Å². The van der Waals surface area contributed by atoms with Gasteiger partial charge in [-0.15, -0.1) is 0 Å². The summed E-state index contributed by atoms with van der Waals surface area (Å²) in [4.78, 5) is 21.6. The van der Waals surface area contributed by atoms with E-state index in [2.05, 4.69) is 11.8 Å². The molecule has 0 atom stereocenters. The maximum atomic E-state index is 11.3. The van der Waals surface area contributed by atoms with Crippen LogP contribution < -0.4 is 5.11 Å². The third kappa shape index (κ3) is 5.98. The Morgan fingerprint density at radius 2 is 1.58 bits per heavy atom. The molecule has 2 rings (SSSR count). The number of carboxylic acids is 1. The fourth-order valence-electron chi connectivity index (χ4n) is 1.86. The molecule has 0 fully saturated rings. The number of rotatable bonds is 5. The van der Waals surface area contributed by atoms with Crippen molar-refractivity contribution in [2.45, 2.75) is 26.3 Å². The molecule has 0 saturated heterocycles. The second-order valence-corrected chi connectivity index (χ2v) is 5.18. The molecule has 2 aromatic carbocycles. The minimum Gasteiger partial charge on any atom is -0.550 e. The van der Waals surface area contributed by atoms with Crippen LogP contribution in [0.5, 0.6) is 0 Å². The normalized spacial score (nSPS) is 10.2. The van der Waals surface area contributed by atoms with E-state index in [1.807, 2.05) is 36.4 Å². The highest BCUT2D eigenvalue weighted by molar-refractivity contribution is 5.75. The molecule has 0 saturated carbocycles. The average Bonchev–Trinajstić information content (AvgIpc) is 2.64. The smallest absolute Gasteiger partial charge is 0.306 e. The van der Waals surface area contributed by atoms with Gasteiger partial charge in [-0.25, -0.2) is 0 Å². The van der Waals surface area contributed by atoms with Crippen LogP contribution in [0.4, 0.5) is 0 Å². The van der Waals surface area contributed by atoms with Crippen LogP contribution >= 0.6 is 0 Å². The number of aryl methyl sites for hydroxylation is 1. The van der Waals surface area contributed by atoms with E-state index in [0.29, 0.717) is 0 Å². The molecular weight excluding hydrogens is 304 g/mol. The van der Waals surface area contributed by atoms with Crippen molar-refractivity contribution in [2.75, 3.05) is 0 Å². The van der Waals surface area contributed by atoms with Gasteiger partial charge in [0.15, 0.2) is 0 Å². The molecule has 0 radical (unpaired) electrons. The number of carbonyl (C=O) groups excluding carboxylic acids is 2. The predicted molar refractivity (Wildman–Crippen MR) is 87.6 cm³/mol. The van der Waals surface area contributed by atoms with Gasteiger partial charge >= 0.3 is 5.97 Å². The van der Waals surface area contributed by atoms with Crippen molar-refractivity contribution in [1.82, 2.24) is 0 Å². The second kappa shape index (κ2) is 8.54. The van der Waals surface area contributed by atoms with Gasteiger partial charge in [0.2, 0.25) is 0 Å². The second-order valence-electron chi connectivity index (χ2n) is 5.18. The molecule has 0 amide bonds. The lowest BCUT2D eigenvalue weighted by Gasteiger charge is -2.05. The standard InChI is InChI=1S/C20H18O4/c1-15-2-4-16(5-3-15)6-7-17-8-10-18(11-9-17)14-24-20(23)13-12-19(21)22/h2-5,8-11H,12-14H2,1H3,(H,21,22)/p-1/i1D. The molecule has 4 nitrogen and oxygen atoms in total. The number of esters is 1. The highest BCUT2D eigenvalue weighted by Gasteiger charge is 2.03. The van der Waals surface area contributed by atoms with Crippen LogP contribution in [-0.2, 0) is 20.9 Å². The maximum Gasteiger partial charge on any atom is 0.306 e. The van der Waals surface area contributed by atoms with Gasteiger partial charge in [0.25, 0.3) is 0 Å². The first kappa shape index (κ1) is 15.8. The summed E-state index contributed by atoms with van der Waals surface area (Å²) >= 11 is 0. The van der Waals surface area contributed by atoms with E-state index in [9.17, 15) is 14.7 Å². The first-order valence-corrected chi connectivity index (χ1v) is 7.41. The van der Waals surface area contributed by atoms with Crippen LogP contribution in [-0.4, -0.2) is 11.9 Å². The molecule has 0 aromatic heterocycles. The van der Waals surface area contributed by atoms with Crippen LogP contribution in [0.1, 0.15) is 36.5 Å². The summed E-state index contributed by atoms with van der Waals surface area (Å²) in [5.41, 5.74) is 3.45. The molecule has 122 valence electrons. The average molecular weight is 322 g/mol. The van der Waals surface area contributed by atoms with E-state index in [1.165, 1.54) is 0 Å². The van der Waals surface area contributed by atoms with E-state index >= 15 is 0 Å². The molecule has 0 unspecified atom stereocenters. The van der Waals surface area contributed by atoms with E-state index in [4.69, 9.17) is 6.11 Å². The Morgan fingerprint density at radius 1 is 1.00 bits per heavy atom. The van der Waals surface area contributed by atoms with Crippen molar-refractivity contribution < 1.29 is 20.8 Å². The van der Waals surface area contributed by atoms with Gasteiger partial charge in [-0.05, 0) is 43.1 Å². The molecule has 2 aromatic rings. The summed E-state index contributed by atoms with van der Waals surface area (Å²) in [5.74, 6) is 4.26. The number of carboxylic acid groups (broad SMARTS) is 1. The summed E-state index contributed by atoms with van der Waals surface area (Å²) in [6.45, 7) is 0.348. The number of hydrogen-bond acceptors (Lipinski definition) is 4. The monoisotopic (exact) mass is 322 g/mol. The Kier molecular flexibility index (Phi) is 5.63. The Bertz CT molecular complexity index is 783. The lowest BCUT2D eigenvalue weighted by atomic mass is 10.1. The van der Waals surface area contributed by atoms with Gasteiger partial charge in [0.05, 0.1) is 6.42 Å². The molecule has 0 heterocycles. The van der Waals surface area contributed by atoms with Gasteiger partial charge in [0, 0.05) is 18.5 Å². The van der Waals surface area contributed by atoms with E-state index in [0.717, 1.165) is 22.3 Å². The molecule has 0 bridgehead atoms. The highest BCUT2D eigenvalue weighted by Crippen LogP contribution is 2.07. The van der Waals surface area contributed by atoms with Crippen molar-refractivity contribution in [3.63, 3.8) is 0 Å². The molecular formula is C20H17O4-. The largest absolute Gasteiger partial charge is 0.550 e. The zero-order chi connectivity index (χ0) is 18.1. The third-order valence-electron chi connectivity index (χ3n) is 3.19. The minimum absolute atomic E-state index is 0.0914. The fraction of sp³-hybridized carbons (Fsp3) is 0.200. The van der Waals surface area contributed by atoms with Crippen LogP contribution in [0.2, 0.25) is 0 Å². The van der Waals surface area contributed by atoms with Gasteiger partial charge < -0.3 is 14.6 Å². The van der Waals surface area contributed by atoms with Crippen molar-refractivity contribution in [1.29, 1.82) is 0 Å². The number of ether oxygens (including phenoxy) is 1. The number of hydrogen-bond donors (Lipinski definition) is 0. The first-order valence-electron chi connectivity index (χ1n) is 8.12. The molecule has 24 heavy (non-hydrogen) atoms. The zero-order valence-electron chi connectivity index (χ0n) is 14.1. The topological polar surface area (TPSA) is 66.4 Å². The zero-order valence-corrected chi connectivity index (χ0v) is 13.1. The van der Waals surface area contributed by atoms with Crippen LogP contribution in [0.15, 0.2) is 48.5 Å². The van der Waals surface area contributed by atoms with E-state index < -0.39 is 11.9 Å². The first-order chi connectivity index (χ1) is 12.1. The molecule has 0 spiro atoms. The Labute approximate surface area is 142 Å². The molecule has 0 aliphatic heterocycles. The summed E-state index contributed by atoms with van der Waals surface area (Å²) in [7, 11) is 0. The number of carbonyl (C=O) groups is 2. The van der Waals surface area contributed by atoms with Crippen molar-refractivity contribution in [3.8, 4) is 11.8 Å². The SMILES string of the molecule is [2H]Cc1ccc(C#Cc2ccc(COC(=O)CCC(=O)[O-])cc2)cc1. The Morgan fingerprint density at radius 3 is 2.12 bits per heavy atom. The summed E-state index contributed by atoms with van der Waals surface area (Å²) < 4.78 is 12.3. The van der Waals surface area contributed by atoms with Crippen LogP contribution in [0, 0.1) is 18.7 Å². The van der Waals surface area contributed by atoms with Crippen molar-refractivity contribution in [2.24, 2.45) is 0 Å². The van der Waals surface area contributed by atoms with Crippen molar-refractivity contribution in [3.05, 3.63) is 70.8 Å². The third-order valence-corrected chi connectivity index (χ3v) is 3.19. The number of aliphatic carboxylic acids is 1. The van der Waals surface area contributed by atoms with Crippen LogP contribution in [0.25, 0.3) is 0 Å². The fourth-order valence-corrected chi connectivity index (χ4v) is 1.86. The van der Waals surface area contributed by atoms with Gasteiger partial charge in [-0.2, -0.15) is 0 Å². The lowest BCUT2D eigenvalue weighted by Crippen LogP contribution is -2.23. The Hall–Kier alpha value is -3.06. The van der Waals surface area contributed by atoms with Crippen molar-refractivity contribution >= 4 is 11.9 Å².